The lowest BCUT2D eigenvalue weighted by atomic mass is 9.92. The van der Waals surface area contributed by atoms with E-state index in [-0.39, 0.29) is 29.1 Å². The van der Waals surface area contributed by atoms with E-state index in [1.165, 1.54) is 29.2 Å². The highest BCUT2D eigenvalue weighted by atomic mass is 32.1. The number of carboxylic acids is 1. The van der Waals surface area contributed by atoms with E-state index in [4.69, 9.17) is 9.72 Å². The summed E-state index contributed by atoms with van der Waals surface area (Å²) in [6, 6.07) is 7.10. The highest BCUT2D eigenvalue weighted by molar-refractivity contribution is 7.12. The third kappa shape index (κ3) is 4.14. The van der Waals surface area contributed by atoms with E-state index in [1.54, 1.807) is 42.8 Å². The van der Waals surface area contributed by atoms with Gasteiger partial charge in [-0.1, -0.05) is 6.07 Å². The molecule has 0 saturated carbocycles. The quantitative estimate of drug-likeness (QED) is 0.415. The van der Waals surface area contributed by atoms with E-state index in [1.807, 2.05) is 4.90 Å². The predicted molar refractivity (Wildman–Crippen MR) is 130 cm³/mol. The lowest BCUT2D eigenvalue weighted by molar-refractivity contribution is -0.123. The molecule has 35 heavy (non-hydrogen) atoms. The molecule has 178 valence electrons. The molecule has 1 aliphatic rings. The molecule has 0 aromatic carbocycles. The van der Waals surface area contributed by atoms with Gasteiger partial charge in [0, 0.05) is 43.4 Å². The van der Waals surface area contributed by atoms with Crippen molar-refractivity contribution in [3.8, 4) is 11.0 Å². The van der Waals surface area contributed by atoms with Crippen LogP contribution in [-0.2, 0) is 11.2 Å². The first-order chi connectivity index (χ1) is 16.9. The molecule has 0 unspecified atom stereocenters. The number of carbonyl (C=O) groups excluding carboxylic acids is 1. The number of ketones is 1. The first-order valence-corrected chi connectivity index (χ1v) is 11.7. The topological polar surface area (TPSA) is 128 Å². The Morgan fingerprint density at radius 2 is 2.06 bits per heavy atom. The Bertz CT molecular complexity index is 1510. The third-order valence-corrected chi connectivity index (χ3v) is 6.78. The van der Waals surface area contributed by atoms with Gasteiger partial charge in [-0.15, -0.1) is 11.3 Å². The number of hydrogen-bond donors (Lipinski definition) is 1. The molecule has 11 heteroatoms. The van der Waals surface area contributed by atoms with Crippen LogP contribution >= 0.6 is 11.3 Å². The Balaban J connectivity index is 1.44. The van der Waals surface area contributed by atoms with Crippen LogP contribution in [0.2, 0.25) is 0 Å². The number of aromatic nitrogens is 4. The summed E-state index contributed by atoms with van der Waals surface area (Å²) in [4.78, 5) is 52.6. The van der Waals surface area contributed by atoms with Gasteiger partial charge in [0.1, 0.15) is 17.2 Å². The van der Waals surface area contributed by atoms with Crippen molar-refractivity contribution in [2.45, 2.75) is 13.3 Å². The summed E-state index contributed by atoms with van der Waals surface area (Å²) in [6.45, 7) is 2.74. The summed E-state index contributed by atoms with van der Waals surface area (Å²) in [6.07, 6.45) is 3.09. The standard InChI is InChI=1S/C24H21N5O5S/c1-13-8-18(28-10-14(11-28)17(30)9-15-4-3-5-19(26-15)34-2)27-22-20(13)21(31)16(23(32)33)12-29(22)24-25-6-7-35-24/h3-8,12,14H,9-11H2,1-2H3,(H,32,33). The number of carboxylic acid groups (broad SMARTS) is 1. The van der Waals surface area contributed by atoms with Crippen LogP contribution in [0.5, 0.6) is 5.88 Å². The van der Waals surface area contributed by atoms with Crippen molar-refractivity contribution in [2.24, 2.45) is 5.92 Å². The van der Waals surface area contributed by atoms with Crippen molar-refractivity contribution in [2.75, 3.05) is 25.1 Å². The van der Waals surface area contributed by atoms with Crippen LogP contribution < -0.4 is 15.1 Å². The Morgan fingerprint density at radius 1 is 1.26 bits per heavy atom. The molecule has 5 rings (SSSR count). The molecule has 0 spiro atoms. The molecule has 10 nitrogen and oxygen atoms in total. The fourth-order valence-corrected chi connectivity index (χ4v) is 4.75. The minimum absolute atomic E-state index is 0.0882. The van der Waals surface area contributed by atoms with Gasteiger partial charge in [-0.3, -0.25) is 14.2 Å². The highest BCUT2D eigenvalue weighted by Gasteiger charge is 2.34. The van der Waals surface area contributed by atoms with Gasteiger partial charge in [0.2, 0.25) is 11.3 Å². The van der Waals surface area contributed by atoms with Crippen molar-refractivity contribution in [3.05, 3.63) is 69.1 Å². The van der Waals surface area contributed by atoms with Crippen LogP contribution in [0.4, 0.5) is 5.82 Å². The largest absolute Gasteiger partial charge is 0.481 e. The fourth-order valence-electron chi connectivity index (χ4n) is 4.13. The third-order valence-electron chi connectivity index (χ3n) is 6.00. The van der Waals surface area contributed by atoms with Gasteiger partial charge in [0.05, 0.1) is 24.1 Å². The number of rotatable bonds is 7. The number of nitrogens with zero attached hydrogens (tertiary/aromatic N) is 5. The number of methoxy groups -OCH3 is 1. The molecule has 0 bridgehead atoms. The van der Waals surface area contributed by atoms with Gasteiger partial charge >= 0.3 is 5.97 Å². The van der Waals surface area contributed by atoms with E-state index < -0.39 is 11.4 Å². The van der Waals surface area contributed by atoms with Crippen molar-refractivity contribution >= 4 is 39.9 Å². The number of aromatic carboxylic acids is 1. The van der Waals surface area contributed by atoms with Crippen LogP contribution in [0.15, 0.2) is 46.8 Å². The molecular weight excluding hydrogens is 470 g/mol. The van der Waals surface area contributed by atoms with E-state index in [9.17, 15) is 19.5 Å². The lowest BCUT2D eigenvalue weighted by Crippen LogP contribution is -2.51. The molecule has 0 amide bonds. The SMILES string of the molecule is COc1cccc(CC(=O)C2CN(c3cc(C)c4c(=O)c(C(=O)O)cn(-c5nccs5)c4n3)C2)n1. The zero-order valence-electron chi connectivity index (χ0n) is 19.0. The second kappa shape index (κ2) is 8.91. The summed E-state index contributed by atoms with van der Waals surface area (Å²) in [5.41, 5.74) is 0.679. The van der Waals surface area contributed by atoms with Gasteiger partial charge in [0.15, 0.2) is 10.8 Å². The summed E-state index contributed by atoms with van der Waals surface area (Å²) < 4.78 is 6.66. The van der Waals surface area contributed by atoms with Gasteiger partial charge in [0.25, 0.3) is 0 Å². The minimum Gasteiger partial charge on any atom is -0.481 e. The Hall–Kier alpha value is -4.12. The zero-order valence-corrected chi connectivity index (χ0v) is 19.8. The van der Waals surface area contributed by atoms with Crippen LogP contribution in [0.1, 0.15) is 21.6 Å². The monoisotopic (exact) mass is 491 g/mol. The number of fused-ring (bicyclic) bond motifs is 1. The molecule has 1 N–H and O–H groups in total. The van der Waals surface area contributed by atoms with Crippen molar-refractivity contribution in [1.82, 2.24) is 19.5 Å². The summed E-state index contributed by atoms with van der Waals surface area (Å²) in [5.74, 6) is -0.285. The average Bonchev–Trinajstić information content (AvgIpc) is 3.32. The molecular formula is C24H21N5O5S. The number of anilines is 1. The maximum Gasteiger partial charge on any atom is 0.341 e. The van der Waals surface area contributed by atoms with Crippen molar-refractivity contribution in [3.63, 3.8) is 0 Å². The van der Waals surface area contributed by atoms with Crippen LogP contribution in [-0.4, -0.2) is 56.6 Å². The average molecular weight is 492 g/mol. The van der Waals surface area contributed by atoms with Gasteiger partial charge in [-0.25, -0.2) is 19.7 Å². The number of hydrogen-bond acceptors (Lipinski definition) is 9. The lowest BCUT2D eigenvalue weighted by Gasteiger charge is -2.39. The van der Waals surface area contributed by atoms with E-state index in [0.717, 1.165) is 0 Å². The van der Waals surface area contributed by atoms with Gasteiger partial charge in [-0.05, 0) is 24.6 Å². The minimum atomic E-state index is -1.31. The normalized spacial score (nSPS) is 13.6. The Labute approximate surface area is 203 Å². The zero-order chi connectivity index (χ0) is 24.7. The van der Waals surface area contributed by atoms with Gasteiger partial charge < -0.3 is 14.7 Å². The number of ether oxygens (including phenoxy) is 1. The van der Waals surface area contributed by atoms with Crippen molar-refractivity contribution in [1.29, 1.82) is 0 Å². The molecule has 0 atom stereocenters. The first kappa shape index (κ1) is 22.7. The summed E-state index contributed by atoms with van der Waals surface area (Å²) in [7, 11) is 1.53. The second-order valence-corrected chi connectivity index (χ2v) is 9.15. The second-order valence-electron chi connectivity index (χ2n) is 8.27. The number of aryl methyl sites for hydroxylation is 1. The van der Waals surface area contributed by atoms with Crippen LogP contribution in [0.3, 0.4) is 0 Å². The molecule has 1 saturated heterocycles. The van der Waals surface area contributed by atoms with Crippen LogP contribution in [0.25, 0.3) is 16.2 Å². The van der Waals surface area contributed by atoms with E-state index in [0.29, 0.717) is 46.8 Å². The predicted octanol–water partition coefficient (Wildman–Crippen LogP) is 2.50. The molecule has 4 aromatic rings. The molecule has 5 heterocycles. The first-order valence-electron chi connectivity index (χ1n) is 10.8. The smallest absolute Gasteiger partial charge is 0.341 e. The van der Waals surface area contributed by atoms with Crippen molar-refractivity contribution < 1.29 is 19.4 Å². The number of thiazole rings is 1. The van der Waals surface area contributed by atoms with E-state index in [2.05, 4.69) is 9.97 Å². The molecule has 1 aliphatic heterocycles. The van der Waals surface area contributed by atoms with Crippen LogP contribution in [0, 0.1) is 12.8 Å². The Kier molecular flexibility index (Phi) is 5.77. The summed E-state index contributed by atoms with van der Waals surface area (Å²) in [5, 5.41) is 12.0. The fraction of sp³-hybridized carbons (Fsp3) is 0.250. The molecule has 0 aliphatic carbocycles. The molecule has 0 radical (unpaired) electrons. The van der Waals surface area contributed by atoms with E-state index >= 15 is 0 Å². The summed E-state index contributed by atoms with van der Waals surface area (Å²) >= 11 is 1.31. The highest BCUT2D eigenvalue weighted by Crippen LogP contribution is 2.29. The number of Topliss-reactive ketones (excluding diaryl/α,β-unsaturated/α-hetero) is 1. The number of pyridine rings is 3. The number of carbonyl (C=O) groups is 2. The van der Waals surface area contributed by atoms with Gasteiger partial charge in [-0.2, -0.15) is 0 Å². The maximum absolute atomic E-state index is 12.9. The molecule has 4 aromatic heterocycles. The maximum atomic E-state index is 12.9. The Morgan fingerprint density at radius 3 is 2.74 bits per heavy atom. The molecule has 1 fully saturated rings.